The molecule has 1 N–H and O–H groups in total. The standard InChI is InChI=1S/C14H23N3O3/c1-10(2)16(3)8-5-9-17-12(19)14(6-4-7-14)11(18)15-13(17)20/h10H,4-9H2,1-3H3,(H,15,18,20). The summed E-state index contributed by atoms with van der Waals surface area (Å²) in [5.41, 5.74) is -0.947. The van der Waals surface area contributed by atoms with Gasteiger partial charge in [0.25, 0.3) is 0 Å². The van der Waals surface area contributed by atoms with Crippen molar-refractivity contribution in [2.24, 2.45) is 5.41 Å². The van der Waals surface area contributed by atoms with E-state index in [1.165, 1.54) is 4.90 Å². The van der Waals surface area contributed by atoms with Crippen molar-refractivity contribution < 1.29 is 14.4 Å². The Morgan fingerprint density at radius 3 is 2.45 bits per heavy atom. The summed E-state index contributed by atoms with van der Waals surface area (Å²) in [5.74, 6) is -0.709. The third-order valence-corrected chi connectivity index (χ3v) is 4.54. The van der Waals surface area contributed by atoms with E-state index in [0.29, 0.717) is 25.4 Å². The minimum absolute atomic E-state index is 0.301. The second-order valence-corrected chi connectivity index (χ2v) is 6.08. The minimum Gasteiger partial charge on any atom is -0.304 e. The van der Waals surface area contributed by atoms with Gasteiger partial charge >= 0.3 is 6.03 Å². The molecule has 0 bridgehead atoms. The van der Waals surface area contributed by atoms with E-state index in [9.17, 15) is 14.4 Å². The van der Waals surface area contributed by atoms with Crippen molar-refractivity contribution >= 4 is 17.8 Å². The third kappa shape index (κ3) is 2.44. The summed E-state index contributed by atoms with van der Waals surface area (Å²) in [6.07, 6.45) is 2.72. The highest BCUT2D eigenvalue weighted by molar-refractivity contribution is 6.19. The number of rotatable bonds is 5. The van der Waals surface area contributed by atoms with Gasteiger partial charge in [0.05, 0.1) is 0 Å². The summed E-state index contributed by atoms with van der Waals surface area (Å²) in [5, 5.41) is 2.33. The number of nitrogens with one attached hydrogen (secondary N) is 1. The fourth-order valence-electron chi connectivity index (χ4n) is 2.64. The lowest BCUT2D eigenvalue weighted by molar-refractivity contribution is -0.157. The highest BCUT2D eigenvalue weighted by Gasteiger charge is 2.57. The van der Waals surface area contributed by atoms with Gasteiger partial charge in [-0.3, -0.25) is 19.8 Å². The number of amides is 4. The Balaban J connectivity index is 1.95. The molecule has 2 aliphatic rings. The van der Waals surface area contributed by atoms with Crippen LogP contribution in [0.2, 0.25) is 0 Å². The largest absolute Gasteiger partial charge is 0.330 e. The predicted molar refractivity (Wildman–Crippen MR) is 73.9 cm³/mol. The van der Waals surface area contributed by atoms with E-state index in [2.05, 4.69) is 24.1 Å². The Morgan fingerprint density at radius 1 is 1.30 bits per heavy atom. The number of barbiturate groups is 1. The Kier molecular flexibility index (Phi) is 4.13. The number of nitrogens with zero attached hydrogens (tertiary/aromatic N) is 2. The molecule has 20 heavy (non-hydrogen) atoms. The molecule has 0 unspecified atom stereocenters. The lowest BCUT2D eigenvalue weighted by atomic mass is 9.66. The second kappa shape index (κ2) is 5.52. The topological polar surface area (TPSA) is 69.7 Å². The van der Waals surface area contributed by atoms with Crippen LogP contribution in [0.3, 0.4) is 0 Å². The van der Waals surface area contributed by atoms with Crippen LogP contribution in [0.4, 0.5) is 4.79 Å². The van der Waals surface area contributed by atoms with Crippen molar-refractivity contribution in [2.75, 3.05) is 20.1 Å². The van der Waals surface area contributed by atoms with E-state index in [0.717, 1.165) is 19.4 Å². The molecule has 6 heteroatoms. The summed E-state index contributed by atoms with van der Waals surface area (Å²) in [4.78, 5) is 39.4. The quantitative estimate of drug-likeness (QED) is 0.762. The smallest absolute Gasteiger partial charge is 0.304 e. The number of urea groups is 1. The molecule has 1 spiro atoms. The molecule has 1 aliphatic heterocycles. The third-order valence-electron chi connectivity index (χ3n) is 4.54. The van der Waals surface area contributed by atoms with Crippen LogP contribution in [0.5, 0.6) is 0 Å². The van der Waals surface area contributed by atoms with Gasteiger partial charge in [-0.05, 0) is 46.7 Å². The summed E-state index contributed by atoms with van der Waals surface area (Å²) < 4.78 is 0. The summed E-state index contributed by atoms with van der Waals surface area (Å²) in [7, 11) is 2.01. The van der Waals surface area contributed by atoms with Crippen molar-refractivity contribution in [2.45, 2.75) is 45.6 Å². The van der Waals surface area contributed by atoms with Crippen LogP contribution >= 0.6 is 0 Å². The van der Waals surface area contributed by atoms with Gasteiger partial charge in [0.1, 0.15) is 5.41 Å². The Labute approximate surface area is 119 Å². The maximum atomic E-state index is 12.4. The number of hydrogen-bond donors (Lipinski definition) is 1. The van der Waals surface area contributed by atoms with Crippen molar-refractivity contribution in [3.8, 4) is 0 Å². The summed E-state index contributed by atoms with van der Waals surface area (Å²) in [6.45, 7) is 5.38. The van der Waals surface area contributed by atoms with E-state index < -0.39 is 17.4 Å². The number of carbonyl (C=O) groups excluding carboxylic acids is 3. The molecule has 2 rings (SSSR count). The molecule has 112 valence electrons. The molecular weight excluding hydrogens is 258 g/mol. The van der Waals surface area contributed by atoms with E-state index in [-0.39, 0.29) is 5.91 Å². The van der Waals surface area contributed by atoms with Gasteiger partial charge < -0.3 is 4.90 Å². The van der Waals surface area contributed by atoms with Gasteiger partial charge in [0.2, 0.25) is 11.8 Å². The molecule has 0 aromatic rings. The van der Waals surface area contributed by atoms with Crippen LogP contribution in [-0.2, 0) is 9.59 Å². The Hall–Kier alpha value is -1.43. The Bertz CT molecular complexity index is 429. The Morgan fingerprint density at radius 2 is 1.95 bits per heavy atom. The van der Waals surface area contributed by atoms with Gasteiger partial charge in [-0.1, -0.05) is 6.42 Å². The average Bonchev–Trinajstić information content (AvgIpc) is 2.30. The van der Waals surface area contributed by atoms with E-state index in [1.807, 2.05) is 7.05 Å². The van der Waals surface area contributed by atoms with Gasteiger partial charge in [-0.25, -0.2) is 4.79 Å². The molecule has 0 aromatic heterocycles. The highest BCUT2D eigenvalue weighted by Crippen LogP contribution is 2.44. The second-order valence-electron chi connectivity index (χ2n) is 6.08. The van der Waals surface area contributed by atoms with E-state index in [1.54, 1.807) is 0 Å². The fraction of sp³-hybridized carbons (Fsp3) is 0.786. The normalized spacial score (nSPS) is 21.6. The number of imide groups is 2. The molecule has 0 aromatic carbocycles. The first-order valence-electron chi connectivity index (χ1n) is 7.26. The first-order valence-corrected chi connectivity index (χ1v) is 7.26. The molecule has 1 aliphatic carbocycles. The van der Waals surface area contributed by atoms with Crippen molar-refractivity contribution in [1.82, 2.24) is 15.1 Å². The zero-order valence-electron chi connectivity index (χ0n) is 12.4. The lowest BCUT2D eigenvalue weighted by Gasteiger charge is -2.44. The SMILES string of the molecule is CC(C)N(C)CCCN1C(=O)NC(=O)C2(CCC2)C1=O. The number of carbonyl (C=O) groups is 3. The van der Waals surface area contributed by atoms with Crippen molar-refractivity contribution in [3.63, 3.8) is 0 Å². The molecular formula is C14H23N3O3. The van der Waals surface area contributed by atoms with Crippen LogP contribution in [0.15, 0.2) is 0 Å². The summed E-state index contributed by atoms with van der Waals surface area (Å²) in [6, 6.07) is -0.134. The molecule has 1 heterocycles. The zero-order chi connectivity index (χ0) is 14.9. The first-order chi connectivity index (χ1) is 9.38. The minimum atomic E-state index is -0.947. The van der Waals surface area contributed by atoms with Crippen LogP contribution in [0.1, 0.15) is 39.5 Å². The average molecular weight is 281 g/mol. The molecule has 6 nitrogen and oxygen atoms in total. The van der Waals surface area contributed by atoms with Crippen molar-refractivity contribution in [1.29, 1.82) is 0 Å². The summed E-state index contributed by atoms with van der Waals surface area (Å²) >= 11 is 0. The number of hydrogen-bond acceptors (Lipinski definition) is 4. The van der Waals surface area contributed by atoms with Gasteiger partial charge in [0.15, 0.2) is 0 Å². The van der Waals surface area contributed by atoms with Crippen LogP contribution in [0, 0.1) is 5.41 Å². The zero-order valence-corrected chi connectivity index (χ0v) is 12.4. The van der Waals surface area contributed by atoms with Gasteiger partial charge in [-0.15, -0.1) is 0 Å². The highest BCUT2D eigenvalue weighted by atomic mass is 16.2. The lowest BCUT2D eigenvalue weighted by Crippen LogP contribution is -2.66. The molecule has 0 atom stereocenters. The molecule has 0 radical (unpaired) electrons. The maximum Gasteiger partial charge on any atom is 0.330 e. The molecule has 2 fully saturated rings. The van der Waals surface area contributed by atoms with Crippen LogP contribution in [-0.4, -0.2) is 53.8 Å². The van der Waals surface area contributed by atoms with Crippen LogP contribution < -0.4 is 5.32 Å². The molecule has 4 amide bonds. The molecule has 1 saturated carbocycles. The van der Waals surface area contributed by atoms with Gasteiger partial charge in [0, 0.05) is 12.6 Å². The maximum absolute atomic E-state index is 12.4. The predicted octanol–water partition coefficient (Wildman–Crippen LogP) is 0.965. The van der Waals surface area contributed by atoms with E-state index in [4.69, 9.17) is 0 Å². The fourth-order valence-corrected chi connectivity index (χ4v) is 2.64. The first kappa shape index (κ1) is 15.0. The monoisotopic (exact) mass is 281 g/mol. The molecule has 1 saturated heterocycles. The van der Waals surface area contributed by atoms with Crippen molar-refractivity contribution in [3.05, 3.63) is 0 Å². The van der Waals surface area contributed by atoms with Crippen LogP contribution in [0.25, 0.3) is 0 Å². The van der Waals surface area contributed by atoms with Gasteiger partial charge in [-0.2, -0.15) is 0 Å². The van der Waals surface area contributed by atoms with E-state index >= 15 is 0 Å².